The first-order valence-electron chi connectivity index (χ1n) is 10.4. The molecular formula is C25H22F2N2O2S2. The van der Waals surface area contributed by atoms with E-state index in [1.807, 2.05) is 54.6 Å². The van der Waals surface area contributed by atoms with Gasteiger partial charge in [0, 0.05) is 17.4 Å². The average Bonchev–Trinajstić information content (AvgIpc) is 3.25. The molecule has 4 rings (SSSR count). The van der Waals surface area contributed by atoms with Gasteiger partial charge in [0.2, 0.25) is 5.91 Å². The third-order valence-corrected chi connectivity index (χ3v) is 7.10. The van der Waals surface area contributed by atoms with Crippen molar-refractivity contribution in [2.24, 2.45) is 0 Å². The molecule has 0 fully saturated rings. The van der Waals surface area contributed by atoms with E-state index in [1.54, 1.807) is 23.8 Å². The Hall–Kier alpha value is -2.97. The van der Waals surface area contributed by atoms with Crippen molar-refractivity contribution < 1.29 is 18.3 Å². The number of thiazole rings is 1. The zero-order valence-electron chi connectivity index (χ0n) is 18.0. The Bertz CT molecular complexity index is 1230. The van der Waals surface area contributed by atoms with Gasteiger partial charge in [0.05, 0.1) is 18.4 Å². The van der Waals surface area contributed by atoms with Crippen LogP contribution in [0.3, 0.4) is 0 Å². The van der Waals surface area contributed by atoms with Crippen LogP contribution in [0.15, 0.2) is 71.6 Å². The van der Waals surface area contributed by atoms with Crippen LogP contribution in [0.1, 0.15) is 18.4 Å². The van der Waals surface area contributed by atoms with Crippen LogP contribution < -0.4 is 9.64 Å². The number of anilines is 1. The molecule has 3 aromatic carbocycles. The van der Waals surface area contributed by atoms with Gasteiger partial charge in [0.15, 0.2) is 10.9 Å². The summed E-state index contributed by atoms with van der Waals surface area (Å²) in [6, 6.07) is 19.4. The molecule has 0 radical (unpaired) electrons. The molecule has 0 N–H and O–H groups in total. The molecule has 0 unspecified atom stereocenters. The SMILES string of the molecule is COc1ccc(SCCCC(=O)N(Cc2ccccc2)c2nc3c(F)cc(F)cc3s2)cc1. The molecule has 0 bridgehead atoms. The number of methoxy groups -OCH3 is 1. The van der Waals surface area contributed by atoms with E-state index in [0.29, 0.717) is 29.2 Å². The van der Waals surface area contributed by atoms with E-state index in [2.05, 4.69) is 4.98 Å². The monoisotopic (exact) mass is 484 g/mol. The number of amides is 1. The predicted molar refractivity (Wildman–Crippen MR) is 130 cm³/mol. The summed E-state index contributed by atoms with van der Waals surface area (Å²) in [6.45, 7) is 0.315. The smallest absolute Gasteiger partial charge is 0.229 e. The van der Waals surface area contributed by atoms with Crippen molar-refractivity contribution in [1.29, 1.82) is 0 Å². The molecule has 0 spiro atoms. The minimum atomic E-state index is -0.726. The highest BCUT2D eigenvalue weighted by Crippen LogP contribution is 2.32. The van der Waals surface area contributed by atoms with Crippen LogP contribution in [0.25, 0.3) is 10.2 Å². The number of hydrogen-bond donors (Lipinski definition) is 0. The van der Waals surface area contributed by atoms with E-state index in [1.165, 1.54) is 6.07 Å². The minimum absolute atomic E-state index is 0.0809. The van der Waals surface area contributed by atoms with Gasteiger partial charge in [-0.3, -0.25) is 9.69 Å². The molecular weight excluding hydrogens is 462 g/mol. The van der Waals surface area contributed by atoms with Crippen molar-refractivity contribution in [2.75, 3.05) is 17.8 Å². The van der Waals surface area contributed by atoms with Crippen LogP contribution in [0.4, 0.5) is 13.9 Å². The highest BCUT2D eigenvalue weighted by molar-refractivity contribution is 7.99. The van der Waals surface area contributed by atoms with Gasteiger partial charge < -0.3 is 4.74 Å². The van der Waals surface area contributed by atoms with Crippen LogP contribution in [0.5, 0.6) is 5.75 Å². The number of rotatable bonds is 9. The largest absolute Gasteiger partial charge is 0.497 e. The van der Waals surface area contributed by atoms with Crippen LogP contribution in [-0.4, -0.2) is 23.8 Å². The first kappa shape index (κ1) is 23.2. The lowest BCUT2D eigenvalue weighted by atomic mass is 10.2. The quantitative estimate of drug-likeness (QED) is 0.196. The van der Waals surface area contributed by atoms with Gasteiger partial charge in [-0.05, 0) is 48.1 Å². The number of halogens is 2. The fourth-order valence-corrected chi connectivity index (χ4v) is 5.18. The Balaban J connectivity index is 1.47. The summed E-state index contributed by atoms with van der Waals surface area (Å²) in [4.78, 5) is 20.2. The van der Waals surface area contributed by atoms with Crippen molar-refractivity contribution in [3.05, 3.63) is 83.9 Å². The van der Waals surface area contributed by atoms with Crippen molar-refractivity contribution in [2.45, 2.75) is 24.3 Å². The molecule has 4 aromatic rings. The lowest BCUT2D eigenvalue weighted by Crippen LogP contribution is -2.30. The van der Waals surface area contributed by atoms with Gasteiger partial charge in [-0.1, -0.05) is 41.7 Å². The summed E-state index contributed by atoms with van der Waals surface area (Å²) in [5.74, 6) is 0.0891. The predicted octanol–water partition coefficient (Wildman–Crippen LogP) is 6.69. The van der Waals surface area contributed by atoms with Crippen LogP contribution >= 0.6 is 23.1 Å². The first-order valence-corrected chi connectivity index (χ1v) is 12.2. The lowest BCUT2D eigenvalue weighted by molar-refractivity contribution is -0.118. The maximum Gasteiger partial charge on any atom is 0.229 e. The maximum absolute atomic E-state index is 14.2. The second-order valence-electron chi connectivity index (χ2n) is 7.32. The second-order valence-corrected chi connectivity index (χ2v) is 9.50. The minimum Gasteiger partial charge on any atom is -0.497 e. The fourth-order valence-electron chi connectivity index (χ4n) is 3.31. The molecule has 0 aliphatic heterocycles. The van der Waals surface area contributed by atoms with E-state index in [-0.39, 0.29) is 11.4 Å². The van der Waals surface area contributed by atoms with Crippen molar-refractivity contribution in [3.8, 4) is 5.75 Å². The molecule has 0 saturated heterocycles. The third-order valence-electron chi connectivity index (χ3n) is 4.98. The van der Waals surface area contributed by atoms with Crippen LogP contribution in [0, 0.1) is 11.6 Å². The second kappa shape index (κ2) is 10.8. The summed E-state index contributed by atoms with van der Waals surface area (Å²) in [7, 11) is 1.63. The van der Waals surface area contributed by atoms with E-state index in [0.717, 1.165) is 39.4 Å². The number of aromatic nitrogens is 1. The molecule has 0 aliphatic rings. The van der Waals surface area contributed by atoms with E-state index >= 15 is 0 Å². The fraction of sp³-hybridized carbons (Fsp3) is 0.200. The normalized spacial score (nSPS) is 11.0. The lowest BCUT2D eigenvalue weighted by Gasteiger charge is -2.20. The molecule has 0 atom stereocenters. The summed E-state index contributed by atoms with van der Waals surface area (Å²) in [5.41, 5.74) is 1.02. The molecule has 1 amide bonds. The summed E-state index contributed by atoms with van der Waals surface area (Å²) in [5, 5.41) is 0.367. The topological polar surface area (TPSA) is 42.4 Å². The number of benzene rings is 3. The van der Waals surface area contributed by atoms with Crippen molar-refractivity contribution in [3.63, 3.8) is 0 Å². The average molecular weight is 485 g/mol. The highest BCUT2D eigenvalue weighted by Gasteiger charge is 2.21. The molecule has 170 valence electrons. The van der Waals surface area contributed by atoms with Gasteiger partial charge in [0.25, 0.3) is 0 Å². The molecule has 1 aromatic heterocycles. The van der Waals surface area contributed by atoms with Gasteiger partial charge in [-0.15, -0.1) is 11.8 Å². The molecule has 0 aliphatic carbocycles. The standard InChI is InChI=1S/C25H22F2N2O2S2/c1-31-19-9-11-20(12-10-19)32-13-5-8-23(30)29(16-17-6-3-2-4-7-17)25-28-24-21(27)14-18(26)15-22(24)33-25/h2-4,6-7,9-12,14-15H,5,8,13,16H2,1H3. The Labute approximate surface area is 199 Å². The van der Waals surface area contributed by atoms with Crippen LogP contribution in [0.2, 0.25) is 0 Å². The van der Waals surface area contributed by atoms with Crippen LogP contribution in [-0.2, 0) is 11.3 Å². The molecule has 1 heterocycles. The Morgan fingerprint density at radius 3 is 2.58 bits per heavy atom. The van der Waals surface area contributed by atoms with Gasteiger partial charge in [-0.25, -0.2) is 13.8 Å². The molecule has 4 nitrogen and oxygen atoms in total. The van der Waals surface area contributed by atoms with Gasteiger partial charge in [-0.2, -0.15) is 0 Å². The van der Waals surface area contributed by atoms with Crippen molar-refractivity contribution in [1.82, 2.24) is 4.98 Å². The number of nitrogens with zero attached hydrogens (tertiary/aromatic N) is 2. The Kier molecular flexibility index (Phi) is 7.57. The van der Waals surface area contributed by atoms with Gasteiger partial charge >= 0.3 is 0 Å². The zero-order chi connectivity index (χ0) is 23.2. The summed E-state index contributed by atoms with van der Waals surface area (Å²) in [6.07, 6.45) is 0.997. The molecule has 8 heteroatoms. The van der Waals surface area contributed by atoms with E-state index < -0.39 is 11.6 Å². The zero-order valence-corrected chi connectivity index (χ0v) is 19.6. The number of carbonyl (C=O) groups excluding carboxylic acids is 1. The number of thioether (sulfide) groups is 1. The number of fused-ring (bicyclic) bond motifs is 1. The maximum atomic E-state index is 14.2. The highest BCUT2D eigenvalue weighted by atomic mass is 32.2. The number of carbonyl (C=O) groups is 1. The Morgan fingerprint density at radius 1 is 1.09 bits per heavy atom. The Morgan fingerprint density at radius 2 is 1.85 bits per heavy atom. The first-order chi connectivity index (χ1) is 16.0. The molecule has 0 saturated carbocycles. The van der Waals surface area contributed by atoms with Crippen molar-refractivity contribution >= 4 is 44.4 Å². The molecule has 33 heavy (non-hydrogen) atoms. The number of hydrogen-bond acceptors (Lipinski definition) is 5. The van der Waals surface area contributed by atoms with Gasteiger partial charge in [0.1, 0.15) is 17.1 Å². The van der Waals surface area contributed by atoms with E-state index in [4.69, 9.17) is 4.74 Å². The third kappa shape index (κ3) is 5.89. The van der Waals surface area contributed by atoms with E-state index in [9.17, 15) is 13.6 Å². The number of ether oxygens (including phenoxy) is 1. The summed E-state index contributed by atoms with van der Waals surface area (Å²) >= 11 is 2.79. The summed E-state index contributed by atoms with van der Waals surface area (Å²) < 4.78 is 33.4.